The van der Waals surface area contributed by atoms with Crippen molar-refractivity contribution >= 4 is 17.8 Å². The summed E-state index contributed by atoms with van der Waals surface area (Å²) in [5, 5.41) is 9.61. The van der Waals surface area contributed by atoms with Gasteiger partial charge in [0.25, 0.3) is 11.8 Å². The minimum Gasteiger partial charge on any atom is -0.392 e. The lowest BCUT2D eigenvalue weighted by Crippen LogP contribution is -2.50. The number of imide groups is 1. The summed E-state index contributed by atoms with van der Waals surface area (Å²) in [5.74, 6) is 0.230. The summed E-state index contributed by atoms with van der Waals surface area (Å²) in [4.78, 5) is 40.9. The van der Waals surface area contributed by atoms with Crippen LogP contribution in [0.2, 0.25) is 0 Å². The zero-order valence-corrected chi connectivity index (χ0v) is 28.2. The van der Waals surface area contributed by atoms with Crippen LogP contribution in [0.1, 0.15) is 61.8 Å². The maximum atomic E-state index is 13.0. The molecule has 51 heavy (non-hydrogen) atoms. The largest absolute Gasteiger partial charge is 0.392 e. The van der Waals surface area contributed by atoms with Crippen molar-refractivity contribution < 1.29 is 24.2 Å². The SMILES string of the molecule is O=C1c2ccccc2C(=O)N1Cc1cccc(-c2cccc([C@@H]3O[C@H](CN4CCN(c5ncccn5)CC4)C[C@H](c4ccc(CO)cc4)O3)c2)c1. The molecule has 0 radical (unpaired) electrons. The van der Waals surface area contributed by atoms with Crippen molar-refractivity contribution in [2.45, 2.75) is 38.1 Å². The van der Waals surface area contributed by atoms with E-state index in [1.807, 2.05) is 72.8 Å². The van der Waals surface area contributed by atoms with Gasteiger partial charge >= 0.3 is 0 Å². The highest BCUT2D eigenvalue weighted by Crippen LogP contribution is 2.39. The van der Waals surface area contributed by atoms with Gasteiger partial charge in [0.1, 0.15) is 0 Å². The fraction of sp³-hybridized carbons (Fsp3) is 0.268. The number of ether oxygens (including phenoxy) is 2. The molecular weight excluding hydrogens is 642 g/mol. The molecule has 0 saturated carbocycles. The molecule has 2 saturated heterocycles. The standard InChI is InChI=1S/C41H39N5O5/c47-27-28-12-14-30(15-13-28)37-24-34(26-44-18-20-45(21-19-44)41-42-16-5-17-43-41)50-40(51-37)33-9-4-8-32(23-33)31-7-3-6-29(22-31)25-46-38(48)35-10-1-2-11-36(35)39(46)49/h1-17,22-23,34,37,40,47H,18-21,24-27H2/t34-,37+,40+/m0/s1. The number of rotatable bonds is 9. The van der Waals surface area contributed by atoms with Gasteiger partial charge in [-0.05, 0) is 58.1 Å². The number of carbonyl (C=O) groups is 2. The molecule has 3 aliphatic rings. The van der Waals surface area contributed by atoms with E-state index in [0.29, 0.717) is 17.5 Å². The number of aliphatic hydroxyl groups excluding tert-OH is 1. The molecule has 4 heterocycles. The predicted molar refractivity (Wildman–Crippen MR) is 192 cm³/mol. The third-order valence-corrected chi connectivity index (χ3v) is 9.92. The molecule has 4 aromatic carbocycles. The quantitative estimate of drug-likeness (QED) is 0.193. The van der Waals surface area contributed by atoms with E-state index in [1.54, 1.807) is 36.7 Å². The van der Waals surface area contributed by atoms with Crippen molar-refractivity contribution in [1.82, 2.24) is 19.8 Å². The summed E-state index contributed by atoms with van der Waals surface area (Å²) < 4.78 is 13.4. The first-order valence-electron chi connectivity index (χ1n) is 17.4. The van der Waals surface area contributed by atoms with Crippen LogP contribution >= 0.6 is 0 Å². The number of piperazine rings is 1. The summed E-state index contributed by atoms with van der Waals surface area (Å²) in [5.41, 5.74) is 6.52. The Morgan fingerprint density at radius 3 is 2.08 bits per heavy atom. The number of aromatic nitrogens is 2. The number of amides is 2. The average Bonchev–Trinajstić information content (AvgIpc) is 3.43. The number of hydrogen-bond donors (Lipinski definition) is 1. The Morgan fingerprint density at radius 1 is 0.686 bits per heavy atom. The van der Waals surface area contributed by atoms with Gasteiger partial charge < -0.3 is 19.5 Å². The van der Waals surface area contributed by atoms with Gasteiger partial charge in [-0.3, -0.25) is 19.4 Å². The van der Waals surface area contributed by atoms with Gasteiger partial charge in [-0.25, -0.2) is 9.97 Å². The second-order valence-corrected chi connectivity index (χ2v) is 13.3. The Balaban J connectivity index is 1.00. The van der Waals surface area contributed by atoms with Crippen molar-refractivity contribution in [2.75, 3.05) is 37.6 Å². The van der Waals surface area contributed by atoms with Gasteiger partial charge in [-0.15, -0.1) is 0 Å². The molecule has 10 heteroatoms. The third kappa shape index (κ3) is 7.04. The molecule has 2 fully saturated rings. The number of nitrogens with zero attached hydrogens (tertiary/aromatic N) is 5. The number of anilines is 1. The van der Waals surface area contributed by atoms with Crippen molar-refractivity contribution in [1.29, 1.82) is 0 Å². The van der Waals surface area contributed by atoms with Crippen molar-refractivity contribution in [3.05, 3.63) is 149 Å². The molecule has 5 aromatic rings. The lowest BCUT2D eigenvalue weighted by atomic mass is 9.98. The molecule has 1 N–H and O–H groups in total. The molecule has 0 unspecified atom stereocenters. The normalized spacial score (nSPS) is 20.8. The highest BCUT2D eigenvalue weighted by Gasteiger charge is 2.36. The van der Waals surface area contributed by atoms with Crippen LogP contribution in [0.25, 0.3) is 11.1 Å². The first kappa shape index (κ1) is 32.9. The monoisotopic (exact) mass is 681 g/mol. The fourth-order valence-corrected chi connectivity index (χ4v) is 7.19. The first-order valence-corrected chi connectivity index (χ1v) is 17.4. The fourth-order valence-electron chi connectivity index (χ4n) is 7.19. The van der Waals surface area contributed by atoms with Gasteiger partial charge in [-0.1, -0.05) is 72.8 Å². The van der Waals surface area contributed by atoms with Gasteiger partial charge in [0.2, 0.25) is 5.95 Å². The molecule has 0 aliphatic carbocycles. The number of benzene rings is 4. The van der Waals surface area contributed by atoms with Crippen LogP contribution in [-0.4, -0.2) is 75.5 Å². The van der Waals surface area contributed by atoms with Gasteiger partial charge in [0, 0.05) is 57.1 Å². The van der Waals surface area contributed by atoms with E-state index in [-0.39, 0.29) is 37.2 Å². The molecule has 10 nitrogen and oxygen atoms in total. The van der Waals surface area contributed by atoms with Gasteiger partial charge in [-0.2, -0.15) is 0 Å². The Kier molecular flexibility index (Phi) is 9.38. The van der Waals surface area contributed by atoms with Crippen molar-refractivity contribution in [2.24, 2.45) is 0 Å². The smallest absolute Gasteiger partial charge is 0.261 e. The molecule has 0 bridgehead atoms. The zero-order valence-electron chi connectivity index (χ0n) is 28.2. The number of fused-ring (bicyclic) bond motifs is 1. The summed E-state index contributed by atoms with van der Waals surface area (Å²) in [6.45, 7) is 4.41. The summed E-state index contributed by atoms with van der Waals surface area (Å²) >= 11 is 0. The first-order chi connectivity index (χ1) is 25.0. The maximum absolute atomic E-state index is 13.0. The number of carbonyl (C=O) groups excluding carboxylic acids is 2. The lowest BCUT2D eigenvalue weighted by Gasteiger charge is -2.40. The van der Waals surface area contributed by atoms with Crippen molar-refractivity contribution in [3.63, 3.8) is 0 Å². The van der Waals surface area contributed by atoms with E-state index in [0.717, 1.165) is 72.1 Å². The second kappa shape index (κ2) is 14.5. The molecule has 3 atom stereocenters. The van der Waals surface area contributed by atoms with Crippen LogP contribution in [0.5, 0.6) is 0 Å². The Hall–Kier alpha value is -5.26. The van der Waals surface area contributed by atoms with Crippen LogP contribution < -0.4 is 4.90 Å². The van der Waals surface area contributed by atoms with Gasteiger partial charge in [0.05, 0.1) is 36.5 Å². The molecular formula is C41H39N5O5. The van der Waals surface area contributed by atoms with E-state index < -0.39 is 6.29 Å². The number of aliphatic hydroxyl groups is 1. The molecule has 2 amide bonds. The van der Waals surface area contributed by atoms with Crippen LogP contribution in [0.4, 0.5) is 5.95 Å². The van der Waals surface area contributed by atoms with Crippen LogP contribution in [0, 0.1) is 0 Å². The summed E-state index contributed by atoms with van der Waals surface area (Å²) in [6.07, 6.45) is 3.41. The second-order valence-electron chi connectivity index (χ2n) is 13.3. The van der Waals surface area contributed by atoms with Gasteiger partial charge in [0.15, 0.2) is 6.29 Å². The van der Waals surface area contributed by atoms with E-state index in [9.17, 15) is 14.7 Å². The van der Waals surface area contributed by atoms with Crippen LogP contribution in [0.15, 0.2) is 116 Å². The molecule has 0 spiro atoms. The summed E-state index contributed by atoms with van der Waals surface area (Å²) in [6, 6.07) is 32.9. The average molecular weight is 682 g/mol. The Morgan fingerprint density at radius 2 is 1.37 bits per heavy atom. The zero-order chi connectivity index (χ0) is 34.7. The minimum absolute atomic E-state index is 0.00749. The number of hydrogen-bond acceptors (Lipinski definition) is 9. The molecule has 8 rings (SSSR count). The highest BCUT2D eigenvalue weighted by molar-refractivity contribution is 6.21. The Labute approximate surface area is 296 Å². The molecule has 1 aromatic heterocycles. The van der Waals surface area contributed by atoms with E-state index in [4.69, 9.17) is 9.47 Å². The Bertz CT molecular complexity index is 1980. The van der Waals surface area contributed by atoms with Crippen LogP contribution in [-0.2, 0) is 22.6 Å². The van der Waals surface area contributed by atoms with E-state index in [2.05, 4.69) is 25.8 Å². The predicted octanol–water partition coefficient (Wildman–Crippen LogP) is 5.80. The molecule has 3 aliphatic heterocycles. The highest BCUT2D eigenvalue weighted by atomic mass is 16.7. The lowest BCUT2D eigenvalue weighted by molar-refractivity contribution is -0.253. The van der Waals surface area contributed by atoms with Crippen molar-refractivity contribution in [3.8, 4) is 11.1 Å². The minimum atomic E-state index is -0.591. The maximum Gasteiger partial charge on any atom is 0.261 e. The van der Waals surface area contributed by atoms with E-state index >= 15 is 0 Å². The van der Waals surface area contributed by atoms with Crippen LogP contribution in [0.3, 0.4) is 0 Å². The van der Waals surface area contributed by atoms with E-state index in [1.165, 1.54) is 4.90 Å². The molecule has 258 valence electrons. The topological polar surface area (TPSA) is 108 Å². The third-order valence-electron chi connectivity index (χ3n) is 9.92. The summed E-state index contributed by atoms with van der Waals surface area (Å²) in [7, 11) is 0.